The molecule has 0 saturated heterocycles. The van der Waals surface area contributed by atoms with Gasteiger partial charge in [0.15, 0.2) is 0 Å². The van der Waals surface area contributed by atoms with Crippen molar-refractivity contribution in [1.82, 2.24) is 0 Å². The molecule has 0 unspecified atom stereocenters. The van der Waals surface area contributed by atoms with Crippen molar-refractivity contribution in [2.45, 2.75) is 100 Å². The highest BCUT2D eigenvalue weighted by Gasteiger charge is 2.14. The van der Waals surface area contributed by atoms with Crippen molar-refractivity contribution in [1.29, 1.82) is 0 Å². The Morgan fingerprint density at radius 2 is 1.41 bits per heavy atom. The van der Waals surface area contributed by atoms with Crippen LogP contribution >= 0.6 is 15.9 Å². The van der Waals surface area contributed by atoms with Gasteiger partial charge in [0, 0.05) is 10.9 Å². The summed E-state index contributed by atoms with van der Waals surface area (Å²) < 4.78 is 5.00. The van der Waals surface area contributed by atoms with Crippen molar-refractivity contribution in [3.05, 3.63) is 24.8 Å². The summed E-state index contributed by atoms with van der Waals surface area (Å²) in [5.74, 6) is -0.278. The van der Waals surface area contributed by atoms with Gasteiger partial charge in [-0.15, -0.1) is 6.58 Å². The van der Waals surface area contributed by atoms with Crippen molar-refractivity contribution in [2.75, 3.05) is 11.9 Å². The number of halogens is 1. The monoisotopic (exact) mass is 446 g/mol. The normalized spacial score (nSPS) is 10.7. The van der Waals surface area contributed by atoms with E-state index in [9.17, 15) is 4.79 Å². The first kappa shape index (κ1) is 31.1. The summed E-state index contributed by atoms with van der Waals surface area (Å²) in [4.78, 5) is 11.0. The molecule has 2 nitrogen and oxygen atoms in total. The fourth-order valence-corrected chi connectivity index (χ4v) is 2.02. The Labute approximate surface area is 179 Å². The van der Waals surface area contributed by atoms with E-state index in [2.05, 4.69) is 77.6 Å². The van der Waals surface area contributed by atoms with Crippen LogP contribution in [0, 0.1) is 10.8 Å². The van der Waals surface area contributed by atoms with Gasteiger partial charge in [-0.25, -0.2) is 4.79 Å². The standard InChI is InChI=1S/C12H22O2.C8H17Br.C4H8/c1-6-12(4,5)8-7-9-14-11(13)10(2)3;1-4-8(2,3)6-5-7-9;1-3-4-2/h2,6-9H2,1,3-5H3;4-7H2,1-3H3;3H,1,4H2,2H3. The Bertz CT molecular complexity index is 384. The molecule has 0 aromatic heterocycles. The molecule has 162 valence electrons. The highest BCUT2D eigenvalue weighted by molar-refractivity contribution is 9.09. The van der Waals surface area contributed by atoms with Crippen LogP contribution in [0.15, 0.2) is 24.8 Å². The zero-order chi connectivity index (χ0) is 21.9. The smallest absolute Gasteiger partial charge is 0.333 e. The van der Waals surface area contributed by atoms with Crippen LogP contribution in [0.3, 0.4) is 0 Å². The molecular weight excluding hydrogens is 400 g/mol. The number of hydrogen-bond acceptors (Lipinski definition) is 2. The predicted molar refractivity (Wildman–Crippen MR) is 127 cm³/mol. The lowest BCUT2D eigenvalue weighted by Gasteiger charge is -2.21. The molecule has 0 aliphatic rings. The first-order valence-corrected chi connectivity index (χ1v) is 11.5. The number of carbonyl (C=O) groups excluding carboxylic acids is 1. The Morgan fingerprint density at radius 1 is 1.00 bits per heavy atom. The van der Waals surface area contributed by atoms with Gasteiger partial charge in [-0.05, 0) is 49.9 Å². The van der Waals surface area contributed by atoms with Gasteiger partial charge in [-0.1, -0.05) is 89.9 Å². The summed E-state index contributed by atoms with van der Waals surface area (Å²) in [6.45, 7) is 24.8. The molecule has 0 fully saturated rings. The van der Waals surface area contributed by atoms with Crippen molar-refractivity contribution in [2.24, 2.45) is 10.8 Å². The molecular formula is C24H47BrO2. The van der Waals surface area contributed by atoms with Crippen LogP contribution in [0.1, 0.15) is 100 Å². The van der Waals surface area contributed by atoms with Crippen LogP contribution in [-0.4, -0.2) is 17.9 Å². The third-order valence-corrected chi connectivity index (χ3v) is 5.33. The Hall–Kier alpha value is -0.570. The zero-order valence-corrected chi connectivity index (χ0v) is 21.1. The molecule has 27 heavy (non-hydrogen) atoms. The minimum atomic E-state index is -0.278. The molecule has 0 atom stereocenters. The average Bonchev–Trinajstić information content (AvgIpc) is 2.64. The van der Waals surface area contributed by atoms with E-state index in [1.165, 1.54) is 19.3 Å². The summed E-state index contributed by atoms with van der Waals surface area (Å²) in [5.41, 5.74) is 1.39. The molecule has 0 saturated carbocycles. The molecule has 0 radical (unpaired) electrons. The first-order chi connectivity index (χ1) is 12.4. The van der Waals surface area contributed by atoms with E-state index in [-0.39, 0.29) is 5.97 Å². The number of hydrogen-bond donors (Lipinski definition) is 0. The molecule has 0 aromatic rings. The Balaban J connectivity index is -0.000000378. The average molecular weight is 448 g/mol. The lowest BCUT2D eigenvalue weighted by atomic mass is 9.85. The van der Waals surface area contributed by atoms with Gasteiger partial charge in [-0.3, -0.25) is 0 Å². The van der Waals surface area contributed by atoms with Crippen molar-refractivity contribution < 1.29 is 9.53 Å². The molecule has 0 heterocycles. The number of carbonyl (C=O) groups is 1. The van der Waals surface area contributed by atoms with Crippen molar-refractivity contribution in [3.8, 4) is 0 Å². The van der Waals surface area contributed by atoms with Gasteiger partial charge in [0.2, 0.25) is 0 Å². The minimum absolute atomic E-state index is 0.278. The molecule has 3 heteroatoms. The number of ether oxygens (including phenoxy) is 1. The second-order valence-electron chi connectivity index (χ2n) is 8.54. The Kier molecular flexibility index (Phi) is 21.7. The Morgan fingerprint density at radius 3 is 1.70 bits per heavy atom. The van der Waals surface area contributed by atoms with Crippen LogP contribution < -0.4 is 0 Å². The van der Waals surface area contributed by atoms with Crippen LogP contribution in [0.4, 0.5) is 0 Å². The summed E-state index contributed by atoms with van der Waals surface area (Å²) in [6.07, 6.45) is 10.1. The predicted octanol–water partition coefficient (Wildman–Crippen LogP) is 8.50. The zero-order valence-electron chi connectivity index (χ0n) is 19.5. The fraction of sp³-hybridized carbons (Fsp3) is 0.792. The number of esters is 1. The van der Waals surface area contributed by atoms with Gasteiger partial charge in [0.05, 0.1) is 6.61 Å². The van der Waals surface area contributed by atoms with E-state index < -0.39 is 0 Å². The molecule has 0 amide bonds. The van der Waals surface area contributed by atoms with E-state index in [1.807, 2.05) is 6.08 Å². The fourth-order valence-electron chi connectivity index (χ4n) is 1.74. The van der Waals surface area contributed by atoms with E-state index >= 15 is 0 Å². The van der Waals surface area contributed by atoms with Gasteiger partial charge >= 0.3 is 5.97 Å². The quantitative estimate of drug-likeness (QED) is 0.104. The van der Waals surface area contributed by atoms with Gasteiger partial charge in [0.25, 0.3) is 0 Å². The van der Waals surface area contributed by atoms with Crippen LogP contribution in [0.25, 0.3) is 0 Å². The SMILES string of the molecule is C=C(C)C(=O)OCCCC(C)(C)CC.C=CCC.CCC(C)(C)CCCBr. The third-order valence-electron chi connectivity index (χ3n) is 4.77. The van der Waals surface area contributed by atoms with Crippen LogP contribution in [0.5, 0.6) is 0 Å². The largest absolute Gasteiger partial charge is 0.462 e. The van der Waals surface area contributed by atoms with E-state index in [4.69, 9.17) is 4.74 Å². The van der Waals surface area contributed by atoms with E-state index in [1.54, 1.807) is 6.92 Å². The van der Waals surface area contributed by atoms with E-state index in [0.29, 0.717) is 23.0 Å². The molecule has 0 aliphatic heterocycles. The summed E-state index contributed by atoms with van der Waals surface area (Å²) >= 11 is 3.43. The van der Waals surface area contributed by atoms with Gasteiger partial charge in [-0.2, -0.15) is 0 Å². The number of allylic oxidation sites excluding steroid dienone is 1. The van der Waals surface area contributed by atoms with Crippen molar-refractivity contribution >= 4 is 21.9 Å². The highest BCUT2D eigenvalue weighted by atomic mass is 79.9. The van der Waals surface area contributed by atoms with Crippen LogP contribution in [0.2, 0.25) is 0 Å². The second-order valence-corrected chi connectivity index (χ2v) is 9.34. The number of alkyl halides is 1. The van der Waals surface area contributed by atoms with Gasteiger partial charge < -0.3 is 4.74 Å². The maximum absolute atomic E-state index is 11.0. The third kappa shape index (κ3) is 25.4. The first-order valence-electron chi connectivity index (χ1n) is 10.4. The minimum Gasteiger partial charge on any atom is -0.462 e. The molecule has 0 aliphatic carbocycles. The number of rotatable bonds is 11. The lowest BCUT2D eigenvalue weighted by molar-refractivity contribution is -0.139. The molecule has 0 aromatic carbocycles. The van der Waals surface area contributed by atoms with Crippen LogP contribution in [-0.2, 0) is 9.53 Å². The maximum Gasteiger partial charge on any atom is 0.333 e. The molecule has 0 rings (SSSR count). The highest BCUT2D eigenvalue weighted by Crippen LogP contribution is 2.26. The molecule has 0 bridgehead atoms. The van der Waals surface area contributed by atoms with E-state index in [0.717, 1.165) is 31.0 Å². The molecule has 0 N–H and O–H groups in total. The van der Waals surface area contributed by atoms with Crippen molar-refractivity contribution in [3.63, 3.8) is 0 Å². The van der Waals surface area contributed by atoms with Gasteiger partial charge in [0.1, 0.15) is 0 Å². The maximum atomic E-state index is 11.0. The molecule has 0 spiro atoms. The summed E-state index contributed by atoms with van der Waals surface area (Å²) in [7, 11) is 0. The second kappa shape index (κ2) is 18.8. The lowest BCUT2D eigenvalue weighted by Crippen LogP contribution is -2.12. The topological polar surface area (TPSA) is 26.3 Å². The summed E-state index contributed by atoms with van der Waals surface area (Å²) in [5, 5.41) is 1.15. The summed E-state index contributed by atoms with van der Waals surface area (Å²) in [6, 6.07) is 0.